The summed E-state index contributed by atoms with van der Waals surface area (Å²) in [5.74, 6) is -1.56. The Labute approximate surface area is 112 Å². The molecule has 0 aliphatic heterocycles. The smallest absolute Gasteiger partial charge is 0.141 e. The lowest BCUT2D eigenvalue weighted by Crippen LogP contribution is -1.92. The first-order valence-corrected chi connectivity index (χ1v) is 6.45. The van der Waals surface area contributed by atoms with Gasteiger partial charge in [-0.1, -0.05) is 17.7 Å². The molecule has 0 aromatic heterocycles. The number of benzene rings is 2. The summed E-state index contributed by atoms with van der Waals surface area (Å²) in [7, 11) is 0. The highest BCUT2D eigenvalue weighted by Crippen LogP contribution is 2.28. The molecule has 0 bridgehead atoms. The summed E-state index contributed by atoms with van der Waals surface area (Å²) in [4.78, 5) is 0.657. The van der Waals surface area contributed by atoms with Gasteiger partial charge in [0.1, 0.15) is 17.5 Å². The molecule has 0 aliphatic rings. The summed E-state index contributed by atoms with van der Waals surface area (Å²) in [5, 5.41) is -0.00555. The molecule has 0 spiro atoms. The van der Waals surface area contributed by atoms with Crippen molar-refractivity contribution in [3.63, 3.8) is 0 Å². The van der Waals surface area contributed by atoms with Crippen LogP contribution in [0.5, 0.6) is 0 Å². The number of halogens is 4. The van der Waals surface area contributed by atoms with Gasteiger partial charge in [-0.3, -0.25) is 0 Å². The molecule has 0 aliphatic carbocycles. The van der Waals surface area contributed by atoms with Gasteiger partial charge in [0.2, 0.25) is 0 Å². The Morgan fingerprint density at radius 3 is 2.22 bits per heavy atom. The topological polar surface area (TPSA) is 0 Å². The second-order valence-electron chi connectivity index (χ2n) is 3.56. The van der Waals surface area contributed by atoms with Crippen LogP contribution in [-0.2, 0) is 5.75 Å². The lowest BCUT2D eigenvalue weighted by molar-refractivity contribution is 0.566. The van der Waals surface area contributed by atoms with Crippen LogP contribution in [0.4, 0.5) is 13.2 Å². The Balaban J connectivity index is 2.14. The van der Waals surface area contributed by atoms with Gasteiger partial charge in [0.25, 0.3) is 0 Å². The standard InChI is InChI=1S/C13H8ClF3S/c14-10-6-8(4-5-13(10)17)18-7-9-11(15)2-1-3-12(9)16/h1-6H,7H2. The normalized spacial score (nSPS) is 10.7. The second-order valence-corrected chi connectivity index (χ2v) is 5.02. The molecule has 5 heteroatoms. The van der Waals surface area contributed by atoms with Gasteiger partial charge in [-0.15, -0.1) is 11.8 Å². The van der Waals surface area contributed by atoms with Crippen molar-refractivity contribution in [3.05, 3.63) is 64.4 Å². The van der Waals surface area contributed by atoms with E-state index < -0.39 is 17.5 Å². The number of rotatable bonds is 3. The Morgan fingerprint density at radius 1 is 0.944 bits per heavy atom. The van der Waals surface area contributed by atoms with Crippen molar-refractivity contribution < 1.29 is 13.2 Å². The number of hydrogen-bond acceptors (Lipinski definition) is 1. The Morgan fingerprint density at radius 2 is 1.61 bits per heavy atom. The molecule has 0 fully saturated rings. The Bertz CT molecular complexity index is 552. The van der Waals surface area contributed by atoms with Gasteiger partial charge in [-0.25, -0.2) is 13.2 Å². The van der Waals surface area contributed by atoms with E-state index in [2.05, 4.69) is 0 Å². The van der Waals surface area contributed by atoms with Gasteiger partial charge in [0.05, 0.1) is 5.02 Å². The summed E-state index contributed by atoms with van der Waals surface area (Å²) >= 11 is 6.82. The first-order valence-electron chi connectivity index (χ1n) is 5.08. The van der Waals surface area contributed by atoms with Crippen molar-refractivity contribution in [2.75, 3.05) is 0 Å². The van der Waals surface area contributed by atoms with Crippen LogP contribution < -0.4 is 0 Å². The summed E-state index contributed by atoms with van der Waals surface area (Å²) in [6, 6.07) is 7.90. The van der Waals surface area contributed by atoms with Crippen molar-refractivity contribution in [1.29, 1.82) is 0 Å². The lowest BCUT2D eigenvalue weighted by Gasteiger charge is -2.05. The zero-order chi connectivity index (χ0) is 13.1. The molecule has 0 nitrogen and oxygen atoms in total. The third-order valence-electron chi connectivity index (χ3n) is 2.34. The third-order valence-corrected chi connectivity index (χ3v) is 3.65. The average molecular weight is 289 g/mol. The predicted molar refractivity (Wildman–Crippen MR) is 67.3 cm³/mol. The largest absolute Gasteiger partial charge is 0.207 e. The first-order chi connectivity index (χ1) is 8.58. The highest BCUT2D eigenvalue weighted by molar-refractivity contribution is 7.98. The van der Waals surface area contributed by atoms with Crippen molar-refractivity contribution in [1.82, 2.24) is 0 Å². The zero-order valence-corrected chi connectivity index (χ0v) is 10.7. The molecule has 2 aromatic carbocycles. The minimum absolute atomic E-state index is 0.00273. The molecule has 94 valence electrons. The van der Waals surface area contributed by atoms with Crippen molar-refractivity contribution in [2.24, 2.45) is 0 Å². The zero-order valence-electron chi connectivity index (χ0n) is 9.09. The van der Waals surface area contributed by atoms with E-state index in [-0.39, 0.29) is 16.3 Å². The van der Waals surface area contributed by atoms with E-state index in [9.17, 15) is 13.2 Å². The van der Waals surface area contributed by atoms with Crippen molar-refractivity contribution >= 4 is 23.4 Å². The monoisotopic (exact) mass is 288 g/mol. The Hall–Kier alpha value is -1.13. The van der Waals surface area contributed by atoms with E-state index >= 15 is 0 Å². The fourth-order valence-corrected chi connectivity index (χ4v) is 2.59. The van der Waals surface area contributed by atoms with E-state index in [0.717, 1.165) is 0 Å². The SMILES string of the molecule is Fc1ccc(SCc2c(F)cccc2F)cc1Cl. The molecule has 0 unspecified atom stereocenters. The minimum Gasteiger partial charge on any atom is -0.207 e. The van der Waals surface area contributed by atoms with Crippen LogP contribution in [0.2, 0.25) is 5.02 Å². The molecule has 2 aromatic rings. The van der Waals surface area contributed by atoms with Crippen LogP contribution >= 0.6 is 23.4 Å². The maximum atomic E-state index is 13.4. The summed E-state index contributed by atoms with van der Waals surface area (Å²) in [6.45, 7) is 0. The summed E-state index contributed by atoms with van der Waals surface area (Å²) in [5.41, 5.74) is 0.00273. The molecule has 18 heavy (non-hydrogen) atoms. The third kappa shape index (κ3) is 3.00. The molecule has 0 amide bonds. The lowest BCUT2D eigenvalue weighted by atomic mass is 10.2. The summed E-state index contributed by atoms with van der Waals surface area (Å²) in [6.07, 6.45) is 0. The molecular formula is C13H8ClF3S. The van der Waals surface area contributed by atoms with Gasteiger partial charge in [-0.05, 0) is 30.3 Å². The minimum atomic E-state index is -0.587. The van der Waals surface area contributed by atoms with Crippen molar-refractivity contribution in [3.8, 4) is 0 Å². The fraction of sp³-hybridized carbons (Fsp3) is 0.0769. The van der Waals surface area contributed by atoms with E-state index in [1.165, 1.54) is 48.2 Å². The van der Waals surface area contributed by atoms with E-state index in [1.807, 2.05) is 0 Å². The highest BCUT2D eigenvalue weighted by Gasteiger charge is 2.09. The van der Waals surface area contributed by atoms with Gasteiger partial charge >= 0.3 is 0 Å². The maximum Gasteiger partial charge on any atom is 0.141 e. The van der Waals surface area contributed by atoms with Crippen LogP contribution in [0, 0.1) is 17.5 Å². The number of thioether (sulfide) groups is 1. The highest BCUT2D eigenvalue weighted by atomic mass is 35.5. The Kier molecular flexibility index (Phi) is 4.19. The van der Waals surface area contributed by atoms with Crippen LogP contribution in [-0.4, -0.2) is 0 Å². The predicted octanol–water partition coefficient (Wildman–Crippen LogP) is 5.05. The summed E-state index contributed by atoms with van der Waals surface area (Å²) < 4.78 is 39.6. The van der Waals surface area contributed by atoms with Gasteiger partial charge < -0.3 is 0 Å². The maximum absolute atomic E-state index is 13.4. The second kappa shape index (κ2) is 5.67. The molecule has 0 N–H and O–H groups in total. The quantitative estimate of drug-likeness (QED) is 0.712. The molecule has 0 atom stereocenters. The van der Waals surface area contributed by atoms with Gasteiger partial charge in [0, 0.05) is 16.2 Å². The first kappa shape index (κ1) is 13.3. The van der Waals surface area contributed by atoms with Crippen molar-refractivity contribution in [2.45, 2.75) is 10.6 Å². The molecular weight excluding hydrogens is 281 g/mol. The van der Waals surface area contributed by atoms with Gasteiger partial charge in [0.15, 0.2) is 0 Å². The molecule has 2 rings (SSSR count). The van der Waals surface area contributed by atoms with E-state index in [4.69, 9.17) is 11.6 Å². The van der Waals surface area contributed by atoms with Crippen LogP contribution in [0.25, 0.3) is 0 Å². The van der Waals surface area contributed by atoms with Gasteiger partial charge in [-0.2, -0.15) is 0 Å². The van der Waals surface area contributed by atoms with E-state index in [1.54, 1.807) is 0 Å². The van der Waals surface area contributed by atoms with Crippen LogP contribution in [0.3, 0.4) is 0 Å². The molecule has 0 heterocycles. The van der Waals surface area contributed by atoms with Crippen LogP contribution in [0.15, 0.2) is 41.3 Å². The average Bonchev–Trinajstić information content (AvgIpc) is 2.33. The molecule has 0 saturated carbocycles. The van der Waals surface area contributed by atoms with Crippen LogP contribution in [0.1, 0.15) is 5.56 Å². The van der Waals surface area contributed by atoms with E-state index in [0.29, 0.717) is 4.90 Å². The fourth-order valence-electron chi connectivity index (χ4n) is 1.39. The molecule has 0 radical (unpaired) electrons. The number of hydrogen-bond donors (Lipinski definition) is 0. The molecule has 0 saturated heterocycles.